The molecule has 0 aliphatic heterocycles. The molecule has 1 amide bonds. The Morgan fingerprint density at radius 2 is 1.92 bits per heavy atom. The van der Waals surface area contributed by atoms with Crippen LogP contribution in [0.25, 0.3) is 10.9 Å². The first-order chi connectivity index (χ1) is 12.1. The zero-order valence-electron chi connectivity index (χ0n) is 14.0. The van der Waals surface area contributed by atoms with Crippen LogP contribution in [0.5, 0.6) is 5.75 Å². The van der Waals surface area contributed by atoms with E-state index in [-0.39, 0.29) is 11.5 Å². The van der Waals surface area contributed by atoms with Crippen molar-refractivity contribution in [3.05, 3.63) is 70.5 Å². The number of para-hydroxylation sites is 1. The first-order valence-electron chi connectivity index (χ1n) is 8.23. The SMILES string of the molecule is Cc1cc2ccc(NC(=O)CCCOc3ccccc3)cc2[nH]c1=O. The molecule has 5 nitrogen and oxygen atoms in total. The van der Waals surface area contributed by atoms with Crippen molar-refractivity contribution in [2.45, 2.75) is 19.8 Å². The van der Waals surface area contributed by atoms with Crippen molar-refractivity contribution in [1.82, 2.24) is 4.98 Å². The largest absolute Gasteiger partial charge is 0.494 e. The number of aryl methyl sites for hydroxylation is 1. The number of amides is 1. The Morgan fingerprint density at radius 1 is 1.12 bits per heavy atom. The van der Waals surface area contributed by atoms with Gasteiger partial charge in [-0.15, -0.1) is 0 Å². The molecule has 128 valence electrons. The Kier molecular flexibility index (Phi) is 5.14. The minimum Gasteiger partial charge on any atom is -0.494 e. The Labute approximate surface area is 145 Å². The van der Waals surface area contributed by atoms with E-state index >= 15 is 0 Å². The highest BCUT2D eigenvalue weighted by molar-refractivity contribution is 5.93. The van der Waals surface area contributed by atoms with Crippen LogP contribution in [0.3, 0.4) is 0 Å². The molecule has 3 aromatic rings. The third kappa shape index (κ3) is 4.47. The fraction of sp³-hybridized carbons (Fsp3) is 0.200. The van der Waals surface area contributed by atoms with Crippen molar-refractivity contribution < 1.29 is 9.53 Å². The summed E-state index contributed by atoms with van der Waals surface area (Å²) < 4.78 is 5.57. The summed E-state index contributed by atoms with van der Waals surface area (Å²) in [6, 6.07) is 16.8. The topological polar surface area (TPSA) is 71.2 Å². The number of hydrogen-bond acceptors (Lipinski definition) is 3. The minimum atomic E-state index is -0.117. The number of carbonyl (C=O) groups is 1. The molecule has 0 fully saturated rings. The van der Waals surface area contributed by atoms with Gasteiger partial charge in [-0.25, -0.2) is 0 Å². The van der Waals surface area contributed by atoms with E-state index in [2.05, 4.69) is 10.3 Å². The molecule has 3 rings (SSSR count). The molecule has 2 N–H and O–H groups in total. The highest BCUT2D eigenvalue weighted by Crippen LogP contribution is 2.17. The highest BCUT2D eigenvalue weighted by Gasteiger charge is 2.05. The summed E-state index contributed by atoms with van der Waals surface area (Å²) in [6.07, 6.45) is 1.000. The van der Waals surface area contributed by atoms with Crippen LogP contribution in [-0.4, -0.2) is 17.5 Å². The number of aromatic nitrogens is 1. The minimum absolute atomic E-state index is 0.0783. The van der Waals surface area contributed by atoms with Crippen LogP contribution in [0.15, 0.2) is 59.4 Å². The number of rotatable bonds is 6. The van der Waals surface area contributed by atoms with Gasteiger partial charge in [0.05, 0.1) is 12.1 Å². The average molecular weight is 336 g/mol. The molecule has 0 saturated carbocycles. The lowest BCUT2D eigenvalue weighted by molar-refractivity contribution is -0.116. The second-order valence-electron chi connectivity index (χ2n) is 5.90. The van der Waals surface area contributed by atoms with Gasteiger partial charge in [0.25, 0.3) is 5.56 Å². The second-order valence-corrected chi connectivity index (χ2v) is 5.90. The zero-order valence-corrected chi connectivity index (χ0v) is 14.0. The van der Waals surface area contributed by atoms with Crippen LogP contribution in [0, 0.1) is 6.92 Å². The number of ether oxygens (including phenoxy) is 1. The average Bonchev–Trinajstić information content (AvgIpc) is 2.61. The predicted octanol–water partition coefficient (Wildman–Crippen LogP) is 3.63. The van der Waals surface area contributed by atoms with Gasteiger partial charge in [-0.05, 0) is 49.1 Å². The van der Waals surface area contributed by atoms with E-state index in [4.69, 9.17) is 4.74 Å². The quantitative estimate of drug-likeness (QED) is 0.675. The Balaban J connectivity index is 1.53. The normalized spacial score (nSPS) is 10.6. The van der Waals surface area contributed by atoms with Gasteiger partial charge in [-0.2, -0.15) is 0 Å². The predicted molar refractivity (Wildman–Crippen MR) is 99.1 cm³/mol. The number of carbonyl (C=O) groups excluding carboxylic acids is 1. The number of fused-ring (bicyclic) bond motifs is 1. The Hall–Kier alpha value is -3.08. The van der Waals surface area contributed by atoms with E-state index in [1.54, 1.807) is 13.0 Å². The zero-order chi connectivity index (χ0) is 17.6. The molecule has 2 aromatic carbocycles. The summed E-state index contributed by atoms with van der Waals surface area (Å²) in [4.78, 5) is 26.6. The summed E-state index contributed by atoms with van der Waals surface area (Å²) >= 11 is 0. The van der Waals surface area contributed by atoms with Crippen LogP contribution in [0.4, 0.5) is 5.69 Å². The van der Waals surface area contributed by atoms with Crippen molar-refractivity contribution >= 4 is 22.5 Å². The molecule has 1 aromatic heterocycles. The highest BCUT2D eigenvalue weighted by atomic mass is 16.5. The van der Waals surface area contributed by atoms with E-state index in [0.717, 1.165) is 11.1 Å². The monoisotopic (exact) mass is 336 g/mol. The van der Waals surface area contributed by atoms with E-state index < -0.39 is 0 Å². The van der Waals surface area contributed by atoms with Gasteiger partial charge >= 0.3 is 0 Å². The summed E-state index contributed by atoms with van der Waals surface area (Å²) in [5.41, 5.74) is 1.93. The van der Waals surface area contributed by atoms with E-state index in [9.17, 15) is 9.59 Å². The van der Waals surface area contributed by atoms with Crippen LogP contribution < -0.4 is 15.6 Å². The molecular weight excluding hydrogens is 316 g/mol. The summed E-state index contributed by atoms with van der Waals surface area (Å²) in [7, 11) is 0. The first-order valence-corrected chi connectivity index (χ1v) is 8.23. The van der Waals surface area contributed by atoms with Crippen LogP contribution in [-0.2, 0) is 4.79 Å². The maximum atomic E-state index is 12.0. The number of H-pyrrole nitrogens is 1. The van der Waals surface area contributed by atoms with Gasteiger partial charge in [-0.3, -0.25) is 9.59 Å². The number of benzene rings is 2. The van der Waals surface area contributed by atoms with Crippen molar-refractivity contribution in [1.29, 1.82) is 0 Å². The van der Waals surface area contributed by atoms with Crippen LogP contribution >= 0.6 is 0 Å². The number of pyridine rings is 1. The molecule has 0 aliphatic carbocycles. The molecule has 0 atom stereocenters. The van der Waals surface area contributed by atoms with Gasteiger partial charge in [-0.1, -0.05) is 24.3 Å². The molecule has 0 bridgehead atoms. The van der Waals surface area contributed by atoms with Crippen molar-refractivity contribution in [3.8, 4) is 5.75 Å². The number of aromatic amines is 1. The number of anilines is 1. The van der Waals surface area contributed by atoms with Crippen molar-refractivity contribution in [2.24, 2.45) is 0 Å². The molecule has 0 saturated heterocycles. The molecular formula is C20H20N2O3. The van der Waals surface area contributed by atoms with Gasteiger partial charge in [0.1, 0.15) is 5.75 Å². The van der Waals surface area contributed by atoms with E-state index in [1.807, 2.05) is 48.5 Å². The van der Waals surface area contributed by atoms with Gasteiger partial charge in [0.2, 0.25) is 5.91 Å². The first kappa shape index (κ1) is 16.8. The molecule has 0 aliphatic rings. The molecule has 0 spiro atoms. The number of nitrogens with one attached hydrogen (secondary N) is 2. The van der Waals surface area contributed by atoms with E-state index in [1.165, 1.54) is 0 Å². The lowest BCUT2D eigenvalue weighted by Gasteiger charge is -2.08. The van der Waals surface area contributed by atoms with Gasteiger partial charge in [0, 0.05) is 17.7 Å². The second kappa shape index (κ2) is 7.66. The fourth-order valence-corrected chi connectivity index (χ4v) is 2.55. The van der Waals surface area contributed by atoms with Crippen LogP contribution in [0.2, 0.25) is 0 Å². The maximum absolute atomic E-state index is 12.0. The number of hydrogen-bond donors (Lipinski definition) is 2. The van der Waals surface area contributed by atoms with E-state index in [0.29, 0.717) is 36.2 Å². The van der Waals surface area contributed by atoms with Gasteiger partial charge < -0.3 is 15.0 Å². The maximum Gasteiger partial charge on any atom is 0.251 e. The van der Waals surface area contributed by atoms with Crippen LogP contribution in [0.1, 0.15) is 18.4 Å². The van der Waals surface area contributed by atoms with Gasteiger partial charge in [0.15, 0.2) is 0 Å². The fourth-order valence-electron chi connectivity index (χ4n) is 2.55. The smallest absolute Gasteiger partial charge is 0.251 e. The van der Waals surface area contributed by atoms with Crippen molar-refractivity contribution in [2.75, 3.05) is 11.9 Å². The summed E-state index contributed by atoms with van der Waals surface area (Å²) in [5.74, 6) is 0.724. The third-order valence-electron chi connectivity index (χ3n) is 3.88. The lowest BCUT2D eigenvalue weighted by Crippen LogP contribution is -2.13. The molecule has 5 heteroatoms. The molecule has 0 radical (unpaired) electrons. The lowest BCUT2D eigenvalue weighted by atomic mass is 10.1. The Morgan fingerprint density at radius 3 is 2.72 bits per heavy atom. The Bertz CT molecular complexity index is 933. The molecule has 25 heavy (non-hydrogen) atoms. The summed E-state index contributed by atoms with van der Waals surface area (Å²) in [5, 5.41) is 3.79. The summed E-state index contributed by atoms with van der Waals surface area (Å²) in [6.45, 7) is 2.26. The molecule has 1 heterocycles. The molecule has 0 unspecified atom stereocenters. The van der Waals surface area contributed by atoms with Crippen molar-refractivity contribution in [3.63, 3.8) is 0 Å². The standard InChI is InChI=1S/C20H20N2O3/c1-14-12-15-9-10-16(13-18(15)22-20(14)24)21-19(23)8-5-11-25-17-6-3-2-4-7-17/h2-4,6-7,9-10,12-13H,5,8,11H2,1H3,(H,21,23)(H,22,24). The third-order valence-corrected chi connectivity index (χ3v) is 3.88.